The molecule has 0 aliphatic carbocycles. The third-order valence-electron chi connectivity index (χ3n) is 4.75. The zero-order valence-corrected chi connectivity index (χ0v) is 19.5. The highest BCUT2D eigenvalue weighted by atomic mass is 16.5. The predicted molar refractivity (Wildman–Crippen MR) is 133 cm³/mol. The first kappa shape index (κ1) is 27.1. The van der Waals surface area contributed by atoms with Gasteiger partial charge >= 0.3 is 0 Å². The lowest BCUT2D eigenvalue weighted by Gasteiger charge is -2.14. The van der Waals surface area contributed by atoms with Gasteiger partial charge in [-0.15, -0.1) is 0 Å². The number of hydrogen-bond acceptors (Lipinski definition) is 6. The predicted octanol–water partition coefficient (Wildman–Crippen LogP) is 0.981. The van der Waals surface area contributed by atoms with Crippen LogP contribution >= 0.6 is 0 Å². The van der Waals surface area contributed by atoms with E-state index in [0.29, 0.717) is 16.8 Å². The minimum absolute atomic E-state index is 0.0934. The van der Waals surface area contributed by atoms with Crippen LogP contribution in [-0.4, -0.2) is 48.6 Å². The Morgan fingerprint density at radius 3 is 2.11 bits per heavy atom. The fourth-order valence-corrected chi connectivity index (χ4v) is 2.81. The molecule has 0 aliphatic heterocycles. The second-order valence-corrected chi connectivity index (χ2v) is 7.47. The van der Waals surface area contributed by atoms with Gasteiger partial charge in [0.1, 0.15) is 6.04 Å². The first-order valence-electron chi connectivity index (χ1n) is 11.1. The van der Waals surface area contributed by atoms with Crippen LogP contribution in [0.1, 0.15) is 41.3 Å². The van der Waals surface area contributed by atoms with Gasteiger partial charge < -0.3 is 21.7 Å². The molecular weight excluding hydrogens is 446 g/mol. The summed E-state index contributed by atoms with van der Waals surface area (Å²) in [6.07, 6.45) is 2.12. The smallest absolute Gasteiger partial charge is 0.267 e. The Labute approximate surface area is 204 Å². The van der Waals surface area contributed by atoms with Crippen LogP contribution in [0.3, 0.4) is 0 Å². The quantitative estimate of drug-likeness (QED) is 0.131. The summed E-state index contributed by atoms with van der Waals surface area (Å²) in [6, 6.07) is 12.5. The van der Waals surface area contributed by atoms with Crippen molar-refractivity contribution in [1.29, 1.82) is 0 Å². The molecule has 0 aromatic heterocycles. The lowest BCUT2D eigenvalue weighted by Crippen LogP contribution is -2.50. The molecular formula is C26H29N5O4. The van der Waals surface area contributed by atoms with Crippen LogP contribution in [0.4, 0.5) is 5.69 Å². The van der Waals surface area contributed by atoms with E-state index in [-0.39, 0.29) is 19.0 Å². The number of nitrogens with two attached hydrogens (primary N) is 1. The van der Waals surface area contributed by atoms with E-state index in [9.17, 15) is 14.4 Å². The second-order valence-electron chi connectivity index (χ2n) is 7.47. The Hall–Kier alpha value is -4.15. The molecule has 0 radical (unpaired) electrons. The van der Waals surface area contributed by atoms with Crippen molar-refractivity contribution in [3.8, 4) is 23.7 Å². The van der Waals surface area contributed by atoms with Gasteiger partial charge in [-0.3, -0.25) is 19.6 Å². The third kappa shape index (κ3) is 9.70. The molecule has 0 heterocycles. The highest BCUT2D eigenvalue weighted by Gasteiger charge is 2.19. The van der Waals surface area contributed by atoms with Gasteiger partial charge in [0.05, 0.1) is 6.54 Å². The summed E-state index contributed by atoms with van der Waals surface area (Å²) in [5.74, 6) is 9.96. The highest BCUT2D eigenvalue weighted by Crippen LogP contribution is 2.08. The summed E-state index contributed by atoms with van der Waals surface area (Å²) in [5, 5.41) is 17.0. The molecule has 0 unspecified atom stereocenters. The van der Waals surface area contributed by atoms with Gasteiger partial charge in [0.25, 0.3) is 11.8 Å². The molecule has 2 aromatic carbocycles. The van der Waals surface area contributed by atoms with Gasteiger partial charge in [0.15, 0.2) is 0 Å². The van der Waals surface area contributed by atoms with Crippen molar-refractivity contribution in [1.82, 2.24) is 16.1 Å². The van der Waals surface area contributed by atoms with Crippen LogP contribution in [0.2, 0.25) is 0 Å². The maximum atomic E-state index is 12.2. The molecule has 9 heteroatoms. The van der Waals surface area contributed by atoms with Crippen LogP contribution < -0.4 is 27.2 Å². The number of carbonyl (C=O) groups is 3. The second kappa shape index (κ2) is 14.9. The number of benzene rings is 2. The summed E-state index contributed by atoms with van der Waals surface area (Å²) in [4.78, 5) is 35.5. The van der Waals surface area contributed by atoms with E-state index in [1.54, 1.807) is 48.5 Å². The van der Waals surface area contributed by atoms with Crippen LogP contribution in [0, 0.1) is 23.7 Å². The lowest BCUT2D eigenvalue weighted by atomic mass is 10.1. The fourth-order valence-electron chi connectivity index (χ4n) is 2.81. The Balaban J connectivity index is 1.88. The van der Waals surface area contributed by atoms with Gasteiger partial charge in [0.2, 0.25) is 5.91 Å². The van der Waals surface area contributed by atoms with Crippen molar-refractivity contribution in [2.24, 2.45) is 5.73 Å². The molecule has 1 atom stereocenters. The molecule has 182 valence electrons. The van der Waals surface area contributed by atoms with Crippen molar-refractivity contribution >= 4 is 23.4 Å². The molecule has 35 heavy (non-hydrogen) atoms. The normalized spacial score (nSPS) is 10.6. The number of nitrogens with one attached hydrogen (secondary N) is 4. The first-order chi connectivity index (χ1) is 17.0. The van der Waals surface area contributed by atoms with Gasteiger partial charge in [-0.25, -0.2) is 5.48 Å². The zero-order valence-electron chi connectivity index (χ0n) is 19.5. The summed E-state index contributed by atoms with van der Waals surface area (Å²) >= 11 is 0. The Bertz CT molecular complexity index is 1120. The highest BCUT2D eigenvalue weighted by molar-refractivity contribution is 5.97. The number of carbonyl (C=O) groups excluding carboxylic acids is 3. The van der Waals surface area contributed by atoms with Crippen LogP contribution in [-0.2, 0) is 9.59 Å². The molecule has 0 bridgehead atoms. The number of hydrogen-bond donors (Lipinski definition) is 6. The van der Waals surface area contributed by atoms with E-state index in [0.717, 1.165) is 24.9 Å². The van der Waals surface area contributed by atoms with E-state index in [4.69, 9.17) is 10.9 Å². The van der Waals surface area contributed by atoms with Crippen molar-refractivity contribution in [3.05, 3.63) is 65.2 Å². The topological polar surface area (TPSA) is 146 Å². The molecule has 7 N–H and O–H groups in total. The molecule has 3 amide bonds. The number of hydroxylamine groups is 1. The molecule has 0 spiro atoms. The minimum atomic E-state index is -1.04. The molecule has 0 fully saturated rings. The molecule has 0 saturated carbocycles. The Morgan fingerprint density at radius 1 is 0.971 bits per heavy atom. The van der Waals surface area contributed by atoms with E-state index in [2.05, 4.69) is 46.6 Å². The molecule has 2 rings (SSSR count). The Morgan fingerprint density at radius 2 is 1.57 bits per heavy atom. The third-order valence-corrected chi connectivity index (χ3v) is 4.75. The van der Waals surface area contributed by atoms with Gasteiger partial charge in [0, 0.05) is 28.9 Å². The number of rotatable bonds is 10. The molecule has 0 aliphatic rings. The van der Waals surface area contributed by atoms with Gasteiger partial charge in [-0.1, -0.05) is 25.2 Å². The SMILES string of the molecule is CCCCNCC(=O)Nc1ccc(C#CC#Cc2ccc(C(=O)N[C@@H](CN)C(=O)NO)cc2)cc1. The van der Waals surface area contributed by atoms with Crippen molar-refractivity contribution in [3.63, 3.8) is 0 Å². The number of unbranched alkanes of at least 4 members (excludes halogenated alkanes) is 1. The van der Waals surface area contributed by atoms with Gasteiger partial charge in [-0.2, -0.15) is 0 Å². The van der Waals surface area contributed by atoms with Crippen LogP contribution in [0.15, 0.2) is 48.5 Å². The van der Waals surface area contributed by atoms with E-state index >= 15 is 0 Å². The summed E-state index contributed by atoms with van der Waals surface area (Å²) in [7, 11) is 0. The van der Waals surface area contributed by atoms with E-state index < -0.39 is 17.9 Å². The van der Waals surface area contributed by atoms with E-state index in [1.807, 2.05) is 0 Å². The number of amides is 3. The first-order valence-corrected chi connectivity index (χ1v) is 11.1. The summed E-state index contributed by atoms with van der Waals surface area (Å²) < 4.78 is 0. The maximum absolute atomic E-state index is 12.2. The standard InChI is InChI=1S/C26H29N5O4/c1-2-3-16-28-18-24(32)29-22-14-10-20(11-15-22)7-5-4-6-19-8-12-21(13-9-19)25(33)30-23(17-27)26(34)31-35/h8-15,23,28,35H,2-3,16-18,27H2,1H3,(H,29,32)(H,30,33)(H,31,34)/t23-/m0/s1. The monoisotopic (exact) mass is 475 g/mol. The van der Waals surface area contributed by atoms with Gasteiger partial charge in [-0.05, 0) is 73.3 Å². The average molecular weight is 476 g/mol. The Kier molecular flexibility index (Phi) is 11.5. The van der Waals surface area contributed by atoms with Crippen molar-refractivity contribution < 1.29 is 19.6 Å². The summed E-state index contributed by atoms with van der Waals surface area (Å²) in [6.45, 7) is 3.04. The number of anilines is 1. The lowest BCUT2D eigenvalue weighted by molar-refractivity contribution is -0.130. The molecule has 0 saturated heterocycles. The van der Waals surface area contributed by atoms with Crippen molar-refractivity contribution in [2.75, 3.05) is 25.0 Å². The largest absolute Gasteiger partial charge is 0.339 e. The summed E-state index contributed by atoms with van der Waals surface area (Å²) in [5.41, 5.74) is 9.31. The van der Waals surface area contributed by atoms with Crippen LogP contribution in [0.5, 0.6) is 0 Å². The maximum Gasteiger partial charge on any atom is 0.267 e. The van der Waals surface area contributed by atoms with E-state index in [1.165, 1.54) is 5.48 Å². The van der Waals surface area contributed by atoms with Crippen molar-refractivity contribution in [2.45, 2.75) is 25.8 Å². The average Bonchev–Trinajstić information content (AvgIpc) is 2.88. The molecule has 2 aromatic rings. The fraction of sp³-hybridized carbons (Fsp3) is 0.269. The molecule has 9 nitrogen and oxygen atoms in total. The zero-order chi connectivity index (χ0) is 25.5. The minimum Gasteiger partial charge on any atom is -0.339 e. The van der Waals surface area contributed by atoms with Crippen LogP contribution in [0.25, 0.3) is 0 Å².